The van der Waals surface area contributed by atoms with Crippen LogP contribution in [0.5, 0.6) is 0 Å². The number of carbonyl (C=O) groups is 2. The number of carbonyl (C=O) groups excluding carboxylic acids is 2. The molecule has 0 bridgehead atoms. The SMILES string of the molecule is CCN(CC)CCCN1C(=O)C(O)=C(C(=O)c2cc3cc(C)ccc3o2)C1c1ccccc1F. The Balaban J connectivity index is 1.72. The van der Waals surface area contributed by atoms with E-state index in [4.69, 9.17) is 4.42 Å². The highest BCUT2D eigenvalue weighted by Gasteiger charge is 2.45. The molecule has 1 aliphatic rings. The summed E-state index contributed by atoms with van der Waals surface area (Å²) >= 11 is 0. The van der Waals surface area contributed by atoms with Gasteiger partial charge in [0.25, 0.3) is 5.91 Å². The van der Waals surface area contributed by atoms with Gasteiger partial charge >= 0.3 is 0 Å². The minimum atomic E-state index is -1.03. The van der Waals surface area contributed by atoms with E-state index in [-0.39, 0.29) is 23.4 Å². The first-order chi connectivity index (χ1) is 16.3. The number of furan rings is 1. The molecule has 0 spiro atoms. The van der Waals surface area contributed by atoms with Gasteiger partial charge < -0.3 is 19.3 Å². The maximum Gasteiger partial charge on any atom is 0.290 e. The third-order valence-electron chi connectivity index (χ3n) is 6.41. The number of aryl methyl sites for hydroxylation is 1. The number of benzene rings is 2. The molecule has 1 atom stereocenters. The van der Waals surface area contributed by atoms with E-state index in [1.165, 1.54) is 11.0 Å². The summed E-state index contributed by atoms with van der Waals surface area (Å²) in [5, 5.41) is 11.5. The van der Waals surface area contributed by atoms with Crippen molar-refractivity contribution >= 4 is 22.7 Å². The van der Waals surface area contributed by atoms with Gasteiger partial charge in [0, 0.05) is 17.5 Å². The predicted molar refractivity (Wildman–Crippen MR) is 128 cm³/mol. The average molecular weight is 465 g/mol. The normalized spacial score (nSPS) is 16.3. The van der Waals surface area contributed by atoms with Gasteiger partial charge in [-0.25, -0.2) is 4.39 Å². The van der Waals surface area contributed by atoms with Crippen LogP contribution in [0, 0.1) is 12.7 Å². The van der Waals surface area contributed by atoms with Gasteiger partial charge in [0.2, 0.25) is 5.78 Å². The number of aliphatic hydroxyl groups excluding tert-OH is 1. The lowest BCUT2D eigenvalue weighted by Gasteiger charge is -2.28. The summed E-state index contributed by atoms with van der Waals surface area (Å²) in [6.07, 6.45) is 0.622. The smallest absolute Gasteiger partial charge is 0.290 e. The molecule has 1 unspecified atom stereocenters. The zero-order chi connectivity index (χ0) is 24.4. The zero-order valence-electron chi connectivity index (χ0n) is 19.7. The molecule has 6 nitrogen and oxygen atoms in total. The maximum absolute atomic E-state index is 14.9. The van der Waals surface area contributed by atoms with E-state index in [9.17, 15) is 19.1 Å². The second-order valence-corrected chi connectivity index (χ2v) is 8.55. The van der Waals surface area contributed by atoms with Gasteiger partial charge in [-0.1, -0.05) is 43.7 Å². The summed E-state index contributed by atoms with van der Waals surface area (Å²) in [5.41, 5.74) is 1.54. The summed E-state index contributed by atoms with van der Waals surface area (Å²) in [5.74, 6) is -2.50. The van der Waals surface area contributed by atoms with E-state index in [0.717, 1.165) is 30.6 Å². The number of ketones is 1. The van der Waals surface area contributed by atoms with Gasteiger partial charge in [0.15, 0.2) is 11.5 Å². The van der Waals surface area contributed by atoms with Crippen molar-refractivity contribution < 1.29 is 23.5 Å². The first kappa shape index (κ1) is 23.7. The first-order valence-corrected chi connectivity index (χ1v) is 11.6. The highest BCUT2D eigenvalue weighted by atomic mass is 19.1. The second-order valence-electron chi connectivity index (χ2n) is 8.55. The Kier molecular flexibility index (Phi) is 6.84. The number of fused-ring (bicyclic) bond motifs is 1. The lowest BCUT2D eigenvalue weighted by molar-refractivity contribution is -0.129. The largest absolute Gasteiger partial charge is 0.503 e. The highest BCUT2D eigenvalue weighted by Crippen LogP contribution is 2.40. The minimum absolute atomic E-state index is 0.00119. The van der Waals surface area contributed by atoms with Crippen molar-refractivity contribution in [1.82, 2.24) is 9.80 Å². The summed E-state index contributed by atoms with van der Waals surface area (Å²) in [6, 6.07) is 12.1. The molecule has 4 rings (SSSR count). The number of nitrogens with zero attached hydrogens (tertiary/aromatic N) is 2. The molecule has 0 fully saturated rings. The quantitative estimate of drug-likeness (QED) is 0.441. The molecule has 0 saturated carbocycles. The van der Waals surface area contributed by atoms with Crippen molar-refractivity contribution in [2.75, 3.05) is 26.2 Å². The van der Waals surface area contributed by atoms with Crippen LogP contribution in [0.2, 0.25) is 0 Å². The predicted octanol–water partition coefficient (Wildman–Crippen LogP) is 5.19. The van der Waals surface area contributed by atoms with Crippen molar-refractivity contribution in [3.63, 3.8) is 0 Å². The fourth-order valence-corrected chi connectivity index (χ4v) is 4.55. The Morgan fingerprint density at radius 1 is 1.15 bits per heavy atom. The third-order valence-corrected chi connectivity index (χ3v) is 6.41. The maximum atomic E-state index is 14.9. The molecule has 0 saturated heterocycles. The van der Waals surface area contributed by atoms with Crippen molar-refractivity contribution in [2.45, 2.75) is 33.2 Å². The van der Waals surface area contributed by atoms with Gasteiger partial charge in [-0.15, -0.1) is 0 Å². The number of Topliss-reactive ketones (excluding diaryl/α,β-unsaturated/α-hetero) is 1. The highest BCUT2D eigenvalue weighted by molar-refractivity contribution is 6.16. The van der Waals surface area contributed by atoms with Crippen LogP contribution >= 0.6 is 0 Å². The van der Waals surface area contributed by atoms with Crippen LogP contribution in [0.15, 0.2) is 64.3 Å². The topological polar surface area (TPSA) is 74.0 Å². The molecule has 2 aromatic carbocycles. The standard InChI is InChI=1S/C27H29FN2O4/c1-4-29(5-2)13-8-14-30-24(19-9-6-7-10-20(19)28)23(26(32)27(30)33)25(31)22-16-18-15-17(3)11-12-21(18)34-22/h6-7,9-12,15-16,24,32H,4-5,8,13-14H2,1-3H3. The zero-order valence-corrected chi connectivity index (χ0v) is 19.7. The Hall–Kier alpha value is -3.45. The van der Waals surface area contributed by atoms with Gasteiger partial charge in [0.05, 0.1) is 11.6 Å². The van der Waals surface area contributed by atoms with Crippen molar-refractivity contribution in [3.8, 4) is 0 Å². The number of rotatable bonds is 9. The van der Waals surface area contributed by atoms with E-state index < -0.39 is 29.3 Å². The fourth-order valence-electron chi connectivity index (χ4n) is 4.55. The summed E-state index contributed by atoms with van der Waals surface area (Å²) < 4.78 is 20.6. The third kappa shape index (κ3) is 4.35. The lowest BCUT2D eigenvalue weighted by Crippen LogP contribution is -2.35. The lowest BCUT2D eigenvalue weighted by atomic mass is 9.94. The molecule has 7 heteroatoms. The van der Waals surface area contributed by atoms with Crippen LogP contribution in [0.1, 0.15) is 48.0 Å². The molecule has 1 aromatic heterocycles. The van der Waals surface area contributed by atoms with Crippen LogP contribution in [0.4, 0.5) is 4.39 Å². The minimum Gasteiger partial charge on any atom is -0.503 e. The number of aliphatic hydroxyl groups is 1. The molecule has 34 heavy (non-hydrogen) atoms. The van der Waals surface area contributed by atoms with Crippen LogP contribution in [-0.4, -0.2) is 52.8 Å². The van der Waals surface area contributed by atoms with E-state index in [1.54, 1.807) is 30.3 Å². The Labute approximate surface area is 198 Å². The molecule has 1 amide bonds. The van der Waals surface area contributed by atoms with Gasteiger partial charge in [-0.05, 0) is 57.2 Å². The van der Waals surface area contributed by atoms with E-state index in [2.05, 4.69) is 18.7 Å². The fraction of sp³-hybridized carbons (Fsp3) is 0.333. The molecule has 0 radical (unpaired) electrons. The van der Waals surface area contributed by atoms with E-state index in [1.807, 2.05) is 19.1 Å². The van der Waals surface area contributed by atoms with Gasteiger partial charge in [-0.2, -0.15) is 0 Å². The molecule has 3 aromatic rings. The summed E-state index contributed by atoms with van der Waals surface area (Å²) in [4.78, 5) is 30.2. The molecular formula is C27H29FN2O4. The molecule has 2 heterocycles. The molecule has 0 aliphatic carbocycles. The van der Waals surface area contributed by atoms with E-state index >= 15 is 0 Å². The van der Waals surface area contributed by atoms with Crippen molar-refractivity contribution in [2.24, 2.45) is 0 Å². The van der Waals surface area contributed by atoms with Crippen LogP contribution in [-0.2, 0) is 4.79 Å². The molecule has 1 N–H and O–H groups in total. The average Bonchev–Trinajstić information content (AvgIpc) is 3.35. The van der Waals surface area contributed by atoms with Gasteiger partial charge in [0.1, 0.15) is 11.4 Å². The summed E-state index contributed by atoms with van der Waals surface area (Å²) in [7, 11) is 0. The Morgan fingerprint density at radius 2 is 1.88 bits per heavy atom. The van der Waals surface area contributed by atoms with Crippen molar-refractivity contribution in [1.29, 1.82) is 0 Å². The molecular weight excluding hydrogens is 435 g/mol. The Bertz CT molecular complexity index is 1260. The van der Waals surface area contributed by atoms with E-state index in [0.29, 0.717) is 12.0 Å². The number of hydrogen-bond acceptors (Lipinski definition) is 5. The van der Waals surface area contributed by atoms with Crippen LogP contribution in [0.25, 0.3) is 11.0 Å². The Morgan fingerprint density at radius 3 is 2.59 bits per heavy atom. The van der Waals surface area contributed by atoms with Crippen LogP contribution in [0.3, 0.4) is 0 Å². The van der Waals surface area contributed by atoms with Gasteiger partial charge in [-0.3, -0.25) is 9.59 Å². The monoisotopic (exact) mass is 464 g/mol. The number of amides is 1. The molecule has 1 aliphatic heterocycles. The first-order valence-electron chi connectivity index (χ1n) is 11.6. The molecule has 178 valence electrons. The number of halogens is 1. The van der Waals surface area contributed by atoms with Crippen LogP contribution < -0.4 is 0 Å². The number of hydrogen-bond donors (Lipinski definition) is 1. The second kappa shape index (κ2) is 9.81. The van der Waals surface area contributed by atoms with Crippen molar-refractivity contribution in [3.05, 3.63) is 82.6 Å². The summed E-state index contributed by atoms with van der Waals surface area (Å²) in [6.45, 7) is 8.82.